The summed E-state index contributed by atoms with van der Waals surface area (Å²) in [7, 11) is 1.74. The van der Waals surface area contributed by atoms with Crippen molar-refractivity contribution in [3.05, 3.63) is 29.1 Å². The zero-order valence-corrected chi connectivity index (χ0v) is 19.6. The first kappa shape index (κ1) is 25.0. The predicted molar refractivity (Wildman–Crippen MR) is 117 cm³/mol. The van der Waals surface area contributed by atoms with Crippen molar-refractivity contribution < 1.29 is 22.7 Å². The van der Waals surface area contributed by atoms with Crippen molar-refractivity contribution in [1.29, 1.82) is 0 Å². The lowest BCUT2D eigenvalue weighted by molar-refractivity contribution is -0.142. The van der Waals surface area contributed by atoms with Crippen LogP contribution >= 0.6 is 0 Å². The van der Waals surface area contributed by atoms with Crippen LogP contribution in [0.3, 0.4) is 0 Å². The summed E-state index contributed by atoms with van der Waals surface area (Å²) in [5, 5.41) is 3.74. The first-order chi connectivity index (χ1) is 15.1. The Labute approximate surface area is 189 Å². The van der Waals surface area contributed by atoms with Crippen LogP contribution in [-0.4, -0.2) is 47.6 Å². The first-order valence-corrected chi connectivity index (χ1v) is 11.7. The van der Waals surface area contributed by atoms with Gasteiger partial charge in [-0.15, -0.1) is 0 Å². The molecule has 1 fully saturated rings. The van der Waals surface area contributed by atoms with Crippen LogP contribution in [0.2, 0.25) is 0 Å². The highest BCUT2D eigenvalue weighted by atomic mass is 19.4. The monoisotopic (exact) mass is 455 g/mol. The molecule has 0 bridgehead atoms. The third kappa shape index (κ3) is 5.45. The first-order valence-electron chi connectivity index (χ1n) is 11.7. The number of nitrogens with one attached hydrogen (secondary N) is 1. The highest BCUT2D eigenvalue weighted by molar-refractivity contribution is 5.83. The Balaban J connectivity index is 1.67. The molecule has 0 aromatic carbocycles. The number of nitrogens with zero attached hydrogens (tertiary/aromatic N) is 2. The SMILES string of the molecule is CCCC(N[C@@H]1CC[C@](C)(C(=O)N2CCc3ncc(C(F)(F)F)cc3C2)C1)C(CC)OC. The van der Waals surface area contributed by atoms with E-state index < -0.39 is 17.2 Å². The zero-order chi connectivity index (χ0) is 23.5. The van der Waals surface area contributed by atoms with Gasteiger partial charge in [-0.1, -0.05) is 27.2 Å². The van der Waals surface area contributed by atoms with Crippen molar-refractivity contribution in [1.82, 2.24) is 15.2 Å². The van der Waals surface area contributed by atoms with Gasteiger partial charge in [-0.05, 0) is 43.7 Å². The highest BCUT2D eigenvalue weighted by Crippen LogP contribution is 2.41. The van der Waals surface area contributed by atoms with Crippen LogP contribution < -0.4 is 5.32 Å². The van der Waals surface area contributed by atoms with Crippen molar-refractivity contribution in [2.45, 2.75) is 96.6 Å². The maximum Gasteiger partial charge on any atom is 0.417 e. The molecule has 1 aliphatic heterocycles. The van der Waals surface area contributed by atoms with E-state index >= 15 is 0 Å². The minimum Gasteiger partial charge on any atom is -0.380 e. The lowest BCUT2D eigenvalue weighted by Gasteiger charge is -2.35. The van der Waals surface area contributed by atoms with Gasteiger partial charge in [-0.3, -0.25) is 9.78 Å². The topological polar surface area (TPSA) is 54.5 Å². The van der Waals surface area contributed by atoms with Crippen LogP contribution in [0.25, 0.3) is 0 Å². The summed E-state index contributed by atoms with van der Waals surface area (Å²) in [6.45, 7) is 6.97. The Kier molecular flexibility index (Phi) is 7.86. The Morgan fingerprint density at radius 2 is 2.16 bits per heavy atom. The Bertz CT molecular complexity index is 797. The van der Waals surface area contributed by atoms with Crippen molar-refractivity contribution in [3.63, 3.8) is 0 Å². The summed E-state index contributed by atoms with van der Waals surface area (Å²) in [6, 6.07) is 1.64. The van der Waals surface area contributed by atoms with Gasteiger partial charge >= 0.3 is 6.18 Å². The number of carbonyl (C=O) groups is 1. The Morgan fingerprint density at radius 3 is 2.78 bits per heavy atom. The molecule has 0 saturated heterocycles. The molecule has 1 saturated carbocycles. The van der Waals surface area contributed by atoms with Gasteiger partial charge in [0.05, 0.1) is 11.7 Å². The normalized spacial score (nSPS) is 25.5. The van der Waals surface area contributed by atoms with E-state index in [4.69, 9.17) is 4.74 Å². The van der Waals surface area contributed by atoms with Gasteiger partial charge in [0, 0.05) is 56.0 Å². The molecule has 0 radical (unpaired) electrons. The second-order valence-corrected chi connectivity index (χ2v) is 9.55. The maximum absolute atomic E-state index is 13.4. The molecule has 2 aliphatic rings. The summed E-state index contributed by atoms with van der Waals surface area (Å²) in [5.41, 5.74) is -0.0988. The quantitative estimate of drug-likeness (QED) is 0.616. The number of ether oxygens (including phenoxy) is 1. The largest absolute Gasteiger partial charge is 0.417 e. The van der Waals surface area contributed by atoms with Gasteiger partial charge < -0.3 is 15.0 Å². The Morgan fingerprint density at radius 1 is 1.41 bits per heavy atom. The molecule has 3 rings (SSSR count). The number of amides is 1. The van der Waals surface area contributed by atoms with E-state index in [9.17, 15) is 18.0 Å². The molecule has 1 aliphatic carbocycles. The molecule has 1 amide bonds. The average Bonchev–Trinajstić information content (AvgIpc) is 3.14. The summed E-state index contributed by atoms with van der Waals surface area (Å²) >= 11 is 0. The standard InChI is InChI=1S/C24H36F3N3O2/c1-5-7-20(21(6-2)32-4)29-18-8-10-23(3,13-18)22(31)30-11-9-19-16(15-30)12-17(14-28-19)24(25,26)27/h12,14,18,20-21,29H,5-11,13,15H2,1-4H3/t18-,20?,21?,23+/m1/s1. The molecule has 32 heavy (non-hydrogen) atoms. The van der Waals surface area contributed by atoms with Gasteiger partial charge in [0.2, 0.25) is 5.91 Å². The summed E-state index contributed by atoms with van der Waals surface area (Å²) in [5.74, 6) is 0.0377. The number of carbonyl (C=O) groups excluding carboxylic acids is 1. The number of fused-ring (bicyclic) bond motifs is 1. The molecule has 180 valence electrons. The second kappa shape index (κ2) is 10.1. The molecule has 5 nitrogen and oxygen atoms in total. The molecule has 4 atom stereocenters. The van der Waals surface area contributed by atoms with Gasteiger partial charge in [0.15, 0.2) is 0 Å². The fourth-order valence-electron chi connectivity index (χ4n) is 5.32. The van der Waals surface area contributed by atoms with E-state index in [2.05, 4.69) is 24.1 Å². The summed E-state index contributed by atoms with van der Waals surface area (Å²) < 4.78 is 44.9. The van der Waals surface area contributed by atoms with E-state index in [1.54, 1.807) is 12.0 Å². The van der Waals surface area contributed by atoms with E-state index in [0.717, 1.165) is 50.8 Å². The fourth-order valence-corrected chi connectivity index (χ4v) is 5.32. The van der Waals surface area contributed by atoms with Crippen LogP contribution in [0.5, 0.6) is 0 Å². The van der Waals surface area contributed by atoms with Crippen molar-refractivity contribution in [2.75, 3.05) is 13.7 Å². The highest BCUT2D eigenvalue weighted by Gasteiger charge is 2.44. The molecular formula is C24H36F3N3O2. The minimum absolute atomic E-state index is 0.0377. The summed E-state index contributed by atoms with van der Waals surface area (Å²) in [6.07, 6.45) is 2.51. The third-order valence-corrected chi connectivity index (χ3v) is 7.12. The average molecular weight is 456 g/mol. The number of rotatable bonds is 8. The zero-order valence-electron chi connectivity index (χ0n) is 19.6. The molecule has 8 heteroatoms. The Hall–Kier alpha value is -1.67. The lowest BCUT2D eigenvalue weighted by atomic mass is 9.85. The molecule has 1 aromatic rings. The molecular weight excluding hydrogens is 419 g/mol. The van der Waals surface area contributed by atoms with Crippen LogP contribution in [0.4, 0.5) is 13.2 Å². The molecule has 2 unspecified atom stereocenters. The predicted octanol–water partition coefficient (Wildman–Crippen LogP) is 4.73. The minimum atomic E-state index is -4.43. The fraction of sp³-hybridized carbons (Fsp3) is 0.750. The number of aromatic nitrogens is 1. The number of halogens is 3. The maximum atomic E-state index is 13.4. The number of hydrogen-bond donors (Lipinski definition) is 1. The van der Waals surface area contributed by atoms with Gasteiger partial charge in [0.25, 0.3) is 0 Å². The third-order valence-electron chi connectivity index (χ3n) is 7.12. The molecule has 2 heterocycles. The van der Waals surface area contributed by atoms with Crippen LogP contribution in [0.15, 0.2) is 12.3 Å². The molecule has 1 aromatic heterocycles. The van der Waals surface area contributed by atoms with Crippen molar-refractivity contribution in [3.8, 4) is 0 Å². The molecule has 1 N–H and O–H groups in total. The van der Waals surface area contributed by atoms with Gasteiger partial charge in [0.1, 0.15) is 0 Å². The number of hydrogen-bond acceptors (Lipinski definition) is 4. The molecule has 0 spiro atoms. The van der Waals surface area contributed by atoms with Crippen LogP contribution in [-0.2, 0) is 28.7 Å². The summed E-state index contributed by atoms with van der Waals surface area (Å²) in [4.78, 5) is 19.2. The number of methoxy groups -OCH3 is 1. The van der Waals surface area contributed by atoms with E-state index in [1.807, 2.05) is 6.92 Å². The van der Waals surface area contributed by atoms with Gasteiger partial charge in [-0.25, -0.2) is 0 Å². The van der Waals surface area contributed by atoms with Crippen molar-refractivity contribution in [2.24, 2.45) is 5.41 Å². The lowest BCUT2D eigenvalue weighted by Crippen LogP contribution is -2.47. The number of pyridine rings is 1. The van der Waals surface area contributed by atoms with Crippen LogP contribution in [0.1, 0.15) is 76.1 Å². The van der Waals surface area contributed by atoms with Crippen molar-refractivity contribution >= 4 is 5.91 Å². The van der Waals surface area contributed by atoms with E-state index in [-0.39, 0.29) is 30.6 Å². The second-order valence-electron chi connectivity index (χ2n) is 9.55. The van der Waals surface area contributed by atoms with Gasteiger partial charge in [-0.2, -0.15) is 13.2 Å². The van der Waals surface area contributed by atoms with E-state index in [1.165, 1.54) is 0 Å². The van der Waals surface area contributed by atoms with E-state index in [0.29, 0.717) is 24.2 Å². The van der Waals surface area contributed by atoms with Crippen LogP contribution in [0, 0.1) is 5.41 Å². The number of alkyl halides is 3. The smallest absolute Gasteiger partial charge is 0.380 e.